The second kappa shape index (κ2) is 6.26. The van der Waals surface area contributed by atoms with E-state index in [1.54, 1.807) is 0 Å². The summed E-state index contributed by atoms with van der Waals surface area (Å²) in [6.07, 6.45) is 0.934. The average Bonchev–Trinajstić information content (AvgIpc) is 2.25. The first-order valence-corrected chi connectivity index (χ1v) is 6.03. The maximum atomic E-state index is 9.09. The monoisotopic (exact) mass is 271 g/mol. The van der Waals surface area contributed by atoms with Gasteiger partial charge in [-0.15, -0.1) is 0 Å². The maximum absolute atomic E-state index is 9.09. The van der Waals surface area contributed by atoms with Gasteiger partial charge in [-0.25, -0.2) is 0 Å². The van der Waals surface area contributed by atoms with Gasteiger partial charge in [0.05, 0.1) is 0 Å². The molecule has 3 N–H and O–H groups in total. The quantitative estimate of drug-likeness (QED) is 0.865. The van der Waals surface area contributed by atoms with Crippen molar-refractivity contribution in [3.8, 4) is 0 Å². The molecule has 2 atom stereocenters. The van der Waals surface area contributed by atoms with Gasteiger partial charge in [-0.3, -0.25) is 0 Å². The van der Waals surface area contributed by atoms with Crippen LogP contribution in [0.4, 0.5) is 0 Å². The molecule has 2 nitrogen and oxygen atoms in total. The van der Waals surface area contributed by atoms with Crippen LogP contribution in [0.25, 0.3) is 0 Å². The molecule has 2 unspecified atom stereocenters. The Labute approximate surface area is 99.6 Å². The Morgan fingerprint density at radius 1 is 1.47 bits per heavy atom. The van der Waals surface area contributed by atoms with Crippen molar-refractivity contribution in [1.29, 1.82) is 0 Å². The van der Waals surface area contributed by atoms with Gasteiger partial charge in [-0.2, -0.15) is 0 Å². The molecule has 0 aliphatic rings. The van der Waals surface area contributed by atoms with Crippen LogP contribution in [0.3, 0.4) is 0 Å². The van der Waals surface area contributed by atoms with Crippen LogP contribution in [0.2, 0.25) is 0 Å². The first-order valence-electron chi connectivity index (χ1n) is 5.23. The molecule has 0 amide bonds. The summed E-state index contributed by atoms with van der Waals surface area (Å²) >= 11 is 3.46. The van der Waals surface area contributed by atoms with Gasteiger partial charge in [-0.05, 0) is 42.5 Å². The minimum absolute atomic E-state index is 0.175. The van der Waals surface area contributed by atoms with Crippen LogP contribution < -0.4 is 5.73 Å². The standard InChI is InChI=1S/C12H18BrNO/c1-9(5-10(7-14)8-15)11-3-2-4-12(13)6-11/h2-4,6,9-10,15H,5,7-8,14H2,1H3. The van der Waals surface area contributed by atoms with Gasteiger partial charge in [0.2, 0.25) is 0 Å². The Bertz CT molecular complexity index is 299. The van der Waals surface area contributed by atoms with E-state index in [0.717, 1.165) is 10.9 Å². The van der Waals surface area contributed by atoms with Gasteiger partial charge >= 0.3 is 0 Å². The Balaban J connectivity index is 2.64. The van der Waals surface area contributed by atoms with Gasteiger partial charge in [0.25, 0.3) is 0 Å². The predicted molar refractivity (Wildman–Crippen MR) is 66.8 cm³/mol. The maximum Gasteiger partial charge on any atom is 0.0471 e. The molecule has 1 rings (SSSR count). The molecule has 0 aliphatic carbocycles. The number of nitrogens with two attached hydrogens (primary N) is 1. The molecule has 0 saturated heterocycles. The molecule has 3 heteroatoms. The molecule has 0 aliphatic heterocycles. The summed E-state index contributed by atoms with van der Waals surface area (Å²) in [7, 11) is 0. The zero-order valence-corrected chi connectivity index (χ0v) is 10.6. The van der Waals surface area contributed by atoms with Crippen LogP contribution in [-0.2, 0) is 0 Å². The van der Waals surface area contributed by atoms with E-state index in [9.17, 15) is 0 Å². The normalized spacial score (nSPS) is 14.9. The molecular weight excluding hydrogens is 254 g/mol. The highest BCUT2D eigenvalue weighted by Gasteiger charge is 2.12. The third kappa shape index (κ3) is 3.93. The topological polar surface area (TPSA) is 46.2 Å². The fourth-order valence-corrected chi connectivity index (χ4v) is 2.11. The van der Waals surface area contributed by atoms with Crippen molar-refractivity contribution in [3.63, 3.8) is 0 Å². The number of rotatable bonds is 5. The van der Waals surface area contributed by atoms with Crippen LogP contribution in [0.15, 0.2) is 28.7 Å². The summed E-state index contributed by atoms with van der Waals surface area (Å²) in [4.78, 5) is 0. The molecule has 15 heavy (non-hydrogen) atoms. The van der Waals surface area contributed by atoms with Crippen molar-refractivity contribution in [2.75, 3.05) is 13.2 Å². The smallest absolute Gasteiger partial charge is 0.0471 e. The van der Waals surface area contributed by atoms with E-state index in [-0.39, 0.29) is 12.5 Å². The molecule has 0 bridgehead atoms. The number of halogens is 1. The number of aliphatic hydroxyl groups excluding tert-OH is 1. The highest BCUT2D eigenvalue weighted by Crippen LogP contribution is 2.25. The fraction of sp³-hybridized carbons (Fsp3) is 0.500. The first kappa shape index (κ1) is 12.7. The van der Waals surface area contributed by atoms with E-state index in [1.165, 1.54) is 5.56 Å². The summed E-state index contributed by atoms with van der Waals surface area (Å²) in [6.45, 7) is 2.89. The van der Waals surface area contributed by atoms with Crippen LogP contribution in [0, 0.1) is 5.92 Å². The minimum Gasteiger partial charge on any atom is -0.396 e. The molecular formula is C12H18BrNO. The molecule has 84 valence electrons. The lowest BCUT2D eigenvalue weighted by molar-refractivity contribution is 0.217. The van der Waals surface area contributed by atoms with Crippen molar-refractivity contribution in [3.05, 3.63) is 34.3 Å². The second-order valence-corrected chi connectivity index (χ2v) is 4.89. The first-order chi connectivity index (χ1) is 7.17. The van der Waals surface area contributed by atoms with Crippen LogP contribution >= 0.6 is 15.9 Å². The predicted octanol–water partition coefficient (Wildman–Crippen LogP) is 2.51. The molecule has 1 aromatic rings. The average molecular weight is 272 g/mol. The van der Waals surface area contributed by atoms with Crippen molar-refractivity contribution in [1.82, 2.24) is 0 Å². The van der Waals surface area contributed by atoms with E-state index in [1.807, 2.05) is 12.1 Å². The van der Waals surface area contributed by atoms with Gasteiger partial charge in [0.1, 0.15) is 0 Å². The summed E-state index contributed by atoms with van der Waals surface area (Å²) in [5.74, 6) is 0.641. The molecule has 0 spiro atoms. The van der Waals surface area contributed by atoms with Gasteiger partial charge in [0.15, 0.2) is 0 Å². The second-order valence-electron chi connectivity index (χ2n) is 3.98. The number of aliphatic hydroxyl groups is 1. The lowest BCUT2D eigenvalue weighted by Crippen LogP contribution is -2.20. The van der Waals surface area contributed by atoms with Crippen LogP contribution in [0.1, 0.15) is 24.8 Å². The Morgan fingerprint density at radius 2 is 2.20 bits per heavy atom. The highest BCUT2D eigenvalue weighted by molar-refractivity contribution is 9.10. The third-order valence-electron chi connectivity index (χ3n) is 2.70. The Hall–Kier alpha value is -0.380. The lowest BCUT2D eigenvalue weighted by atomic mass is 9.91. The van der Waals surface area contributed by atoms with Crippen LogP contribution in [-0.4, -0.2) is 18.3 Å². The summed E-state index contributed by atoms with van der Waals surface area (Å²) < 4.78 is 1.10. The van der Waals surface area contributed by atoms with Crippen LogP contribution in [0.5, 0.6) is 0 Å². The van der Waals surface area contributed by atoms with E-state index in [2.05, 4.69) is 35.0 Å². The van der Waals surface area contributed by atoms with Gasteiger partial charge in [-0.1, -0.05) is 35.0 Å². The summed E-state index contributed by atoms with van der Waals surface area (Å²) in [5.41, 5.74) is 6.86. The Kier molecular flexibility index (Phi) is 5.29. The molecule has 0 aromatic heterocycles. The number of benzene rings is 1. The fourth-order valence-electron chi connectivity index (χ4n) is 1.69. The largest absolute Gasteiger partial charge is 0.396 e. The highest BCUT2D eigenvalue weighted by atomic mass is 79.9. The van der Waals surface area contributed by atoms with Gasteiger partial charge < -0.3 is 10.8 Å². The molecule has 0 saturated carbocycles. The van der Waals surface area contributed by atoms with E-state index in [0.29, 0.717) is 12.5 Å². The summed E-state index contributed by atoms with van der Waals surface area (Å²) in [6, 6.07) is 8.28. The lowest BCUT2D eigenvalue weighted by Gasteiger charge is -2.18. The number of hydrogen-bond donors (Lipinski definition) is 2. The Morgan fingerprint density at radius 3 is 2.73 bits per heavy atom. The summed E-state index contributed by atoms with van der Waals surface area (Å²) in [5, 5.41) is 9.09. The zero-order chi connectivity index (χ0) is 11.3. The van der Waals surface area contributed by atoms with E-state index < -0.39 is 0 Å². The minimum atomic E-state index is 0.175. The molecule has 1 aromatic carbocycles. The molecule has 0 radical (unpaired) electrons. The van der Waals surface area contributed by atoms with E-state index >= 15 is 0 Å². The molecule has 0 fully saturated rings. The molecule has 0 heterocycles. The third-order valence-corrected chi connectivity index (χ3v) is 3.19. The van der Waals surface area contributed by atoms with Crippen molar-refractivity contribution < 1.29 is 5.11 Å². The zero-order valence-electron chi connectivity index (χ0n) is 8.99. The SMILES string of the molecule is CC(CC(CN)CO)c1cccc(Br)c1. The number of hydrogen-bond acceptors (Lipinski definition) is 2. The van der Waals surface area contributed by atoms with Crippen molar-refractivity contribution >= 4 is 15.9 Å². The van der Waals surface area contributed by atoms with Crippen molar-refractivity contribution in [2.24, 2.45) is 11.7 Å². The van der Waals surface area contributed by atoms with E-state index in [4.69, 9.17) is 10.8 Å². The van der Waals surface area contributed by atoms with Gasteiger partial charge in [0, 0.05) is 11.1 Å². The van der Waals surface area contributed by atoms with Crippen molar-refractivity contribution in [2.45, 2.75) is 19.3 Å².